The molecule has 0 bridgehead atoms. The smallest absolute Gasteiger partial charge is 0.332 e. The lowest BCUT2D eigenvalue weighted by Crippen LogP contribution is -2.27. The summed E-state index contributed by atoms with van der Waals surface area (Å²) in [7, 11) is 0. The second-order valence-corrected chi connectivity index (χ2v) is 3.02. The quantitative estimate of drug-likeness (QED) is 0.654. The third-order valence-corrected chi connectivity index (χ3v) is 1.97. The number of allylic oxidation sites excluding steroid dienone is 1. The molecule has 0 radical (unpaired) electrons. The Morgan fingerprint density at radius 2 is 2.42 bits per heavy atom. The number of carboxylic acids is 1. The standard InChI is InChI=1S/C9H14O3/c1-7(9(10)11)12-8-5-3-2-4-6-8/h2-3,7-8H,4-6H2,1H3,(H,10,11). The fraction of sp³-hybridized carbons (Fsp3) is 0.667. The van der Waals surface area contributed by atoms with Crippen LogP contribution < -0.4 is 0 Å². The van der Waals surface area contributed by atoms with E-state index in [1.165, 1.54) is 0 Å². The number of aliphatic carboxylic acids is 1. The van der Waals surface area contributed by atoms with Crippen LogP contribution in [0.2, 0.25) is 0 Å². The van der Waals surface area contributed by atoms with E-state index in [1.54, 1.807) is 6.92 Å². The summed E-state index contributed by atoms with van der Waals surface area (Å²) >= 11 is 0. The maximum atomic E-state index is 10.4. The summed E-state index contributed by atoms with van der Waals surface area (Å²) in [5.41, 5.74) is 0. The SMILES string of the molecule is CC(OC1CC=CCC1)C(=O)O. The van der Waals surface area contributed by atoms with Crippen molar-refractivity contribution in [1.29, 1.82) is 0 Å². The monoisotopic (exact) mass is 170 g/mol. The molecule has 1 N–H and O–H groups in total. The summed E-state index contributed by atoms with van der Waals surface area (Å²) in [6.45, 7) is 1.57. The average molecular weight is 170 g/mol. The van der Waals surface area contributed by atoms with Crippen LogP contribution in [0.25, 0.3) is 0 Å². The van der Waals surface area contributed by atoms with Crippen LogP contribution in [0.5, 0.6) is 0 Å². The third kappa shape index (κ3) is 2.66. The molecular weight excluding hydrogens is 156 g/mol. The molecule has 0 aromatic rings. The van der Waals surface area contributed by atoms with Crippen LogP contribution in [0.3, 0.4) is 0 Å². The van der Waals surface area contributed by atoms with Gasteiger partial charge in [0, 0.05) is 0 Å². The molecule has 0 spiro atoms. The highest BCUT2D eigenvalue weighted by molar-refractivity contribution is 5.71. The molecule has 3 heteroatoms. The first-order chi connectivity index (χ1) is 5.70. The average Bonchev–Trinajstić information content (AvgIpc) is 2.06. The Labute approximate surface area is 72.0 Å². The normalized spacial score (nSPS) is 25.2. The molecule has 0 amide bonds. The van der Waals surface area contributed by atoms with Crippen molar-refractivity contribution in [3.05, 3.63) is 12.2 Å². The second-order valence-electron chi connectivity index (χ2n) is 3.02. The zero-order valence-corrected chi connectivity index (χ0v) is 7.19. The molecule has 2 atom stereocenters. The van der Waals surface area contributed by atoms with Crippen LogP contribution in [0.4, 0.5) is 0 Å². The second kappa shape index (κ2) is 4.26. The number of carboxylic acid groups (broad SMARTS) is 1. The summed E-state index contributed by atoms with van der Waals surface area (Å²) in [5.74, 6) is -0.885. The Kier molecular flexibility index (Phi) is 3.29. The van der Waals surface area contributed by atoms with Crippen LogP contribution in [-0.2, 0) is 9.53 Å². The molecule has 0 aromatic heterocycles. The molecule has 1 aliphatic rings. The fourth-order valence-corrected chi connectivity index (χ4v) is 1.24. The highest BCUT2D eigenvalue weighted by Gasteiger charge is 2.18. The highest BCUT2D eigenvalue weighted by atomic mass is 16.5. The van der Waals surface area contributed by atoms with Crippen molar-refractivity contribution in [3.63, 3.8) is 0 Å². The number of hydrogen-bond acceptors (Lipinski definition) is 2. The zero-order valence-electron chi connectivity index (χ0n) is 7.19. The van der Waals surface area contributed by atoms with Gasteiger partial charge in [0.05, 0.1) is 6.10 Å². The van der Waals surface area contributed by atoms with Gasteiger partial charge in [0.25, 0.3) is 0 Å². The van der Waals surface area contributed by atoms with E-state index in [0.717, 1.165) is 19.3 Å². The maximum absolute atomic E-state index is 10.4. The van der Waals surface area contributed by atoms with Gasteiger partial charge in [-0.2, -0.15) is 0 Å². The molecular formula is C9H14O3. The molecule has 1 aliphatic carbocycles. The summed E-state index contributed by atoms with van der Waals surface area (Å²) in [4.78, 5) is 10.4. The minimum absolute atomic E-state index is 0.0982. The molecule has 0 fully saturated rings. The largest absolute Gasteiger partial charge is 0.479 e. The molecule has 0 aromatic carbocycles. The predicted octanol–water partition coefficient (Wildman–Crippen LogP) is 1.58. The number of carbonyl (C=O) groups is 1. The Bertz CT molecular complexity index is 186. The summed E-state index contributed by atoms with van der Waals surface area (Å²) in [6.07, 6.45) is 6.35. The Balaban J connectivity index is 2.30. The first-order valence-corrected chi connectivity index (χ1v) is 4.23. The van der Waals surface area contributed by atoms with Crippen molar-refractivity contribution in [2.24, 2.45) is 0 Å². The molecule has 12 heavy (non-hydrogen) atoms. The van der Waals surface area contributed by atoms with E-state index in [-0.39, 0.29) is 6.10 Å². The van der Waals surface area contributed by atoms with Gasteiger partial charge in [0.15, 0.2) is 6.10 Å². The topological polar surface area (TPSA) is 46.5 Å². The van der Waals surface area contributed by atoms with E-state index in [1.807, 2.05) is 6.08 Å². The highest BCUT2D eigenvalue weighted by Crippen LogP contribution is 2.15. The molecule has 1 rings (SSSR count). The van der Waals surface area contributed by atoms with Crippen LogP contribution in [-0.4, -0.2) is 23.3 Å². The lowest BCUT2D eigenvalue weighted by Gasteiger charge is -2.20. The van der Waals surface area contributed by atoms with Gasteiger partial charge in [-0.1, -0.05) is 12.2 Å². The molecule has 0 saturated carbocycles. The van der Waals surface area contributed by atoms with Crippen molar-refractivity contribution in [1.82, 2.24) is 0 Å². The van der Waals surface area contributed by atoms with Gasteiger partial charge in [-0.25, -0.2) is 4.79 Å². The summed E-state index contributed by atoms with van der Waals surface area (Å²) in [6, 6.07) is 0. The zero-order chi connectivity index (χ0) is 8.97. The van der Waals surface area contributed by atoms with Gasteiger partial charge in [-0.3, -0.25) is 0 Å². The van der Waals surface area contributed by atoms with E-state index >= 15 is 0 Å². The Morgan fingerprint density at radius 3 is 2.92 bits per heavy atom. The summed E-state index contributed by atoms with van der Waals surface area (Å²) in [5, 5.41) is 8.57. The predicted molar refractivity (Wildman–Crippen MR) is 45.0 cm³/mol. The molecule has 68 valence electrons. The number of ether oxygens (including phenoxy) is 1. The van der Waals surface area contributed by atoms with Gasteiger partial charge in [-0.05, 0) is 26.2 Å². The van der Waals surface area contributed by atoms with E-state index in [4.69, 9.17) is 9.84 Å². The van der Waals surface area contributed by atoms with E-state index < -0.39 is 12.1 Å². The minimum Gasteiger partial charge on any atom is -0.479 e. The van der Waals surface area contributed by atoms with E-state index in [0.29, 0.717) is 0 Å². The van der Waals surface area contributed by atoms with E-state index in [9.17, 15) is 4.79 Å². The summed E-state index contributed by atoms with van der Waals surface area (Å²) < 4.78 is 5.30. The van der Waals surface area contributed by atoms with Crippen LogP contribution in [0.15, 0.2) is 12.2 Å². The maximum Gasteiger partial charge on any atom is 0.332 e. The third-order valence-electron chi connectivity index (χ3n) is 1.97. The fourth-order valence-electron chi connectivity index (χ4n) is 1.24. The van der Waals surface area contributed by atoms with Gasteiger partial charge in [0.2, 0.25) is 0 Å². The van der Waals surface area contributed by atoms with Crippen molar-refractivity contribution in [2.75, 3.05) is 0 Å². The van der Waals surface area contributed by atoms with Gasteiger partial charge < -0.3 is 9.84 Å². The van der Waals surface area contributed by atoms with Crippen molar-refractivity contribution in [2.45, 2.75) is 38.4 Å². The Morgan fingerprint density at radius 1 is 1.67 bits per heavy atom. The lowest BCUT2D eigenvalue weighted by molar-refractivity contribution is -0.153. The van der Waals surface area contributed by atoms with Crippen LogP contribution in [0, 0.1) is 0 Å². The van der Waals surface area contributed by atoms with Gasteiger partial charge >= 0.3 is 5.97 Å². The lowest BCUT2D eigenvalue weighted by atomic mass is 10.0. The minimum atomic E-state index is -0.885. The molecule has 0 aliphatic heterocycles. The van der Waals surface area contributed by atoms with E-state index in [2.05, 4.69) is 6.08 Å². The first-order valence-electron chi connectivity index (χ1n) is 4.23. The Hall–Kier alpha value is -0.830. The van der Waals surface area contributed by atoms with Gasteiger partial charge in [0.1, 0.15) is 0 Å². The molecule has 0 saturated heterocycles. The molecule has 3 nitrogen and oxygen atoms in total. The van der Waals surface area contributed by atoms with Gasteiger partial charge in [-0.15, -0.1) is 0 Å². The number of hydrogen-bond donors (Lipinski definition) is 1. The van der Waals surface area contributed by atoms with Crippen LogP contribution >= 0.6 is 0 Å². The van der Waals surface area contributed by atoms with Crippen molar-refractivity contribution in [3.8, 4) is 0 Å². The van der Waals surface area contributed by atoms with Crippen LogP contribution in [0.1, 0.15) is 26.2 Å². The first kappa shape index (κ1) is 9.26. The molecule has 2 unspecified atom stereocenters. The van der Waals surface area contributed by atoms with Crippen molar-refractivity contribution < 1.29 is 14.6 Å². The molecule has 0 heterocycles. The number of rotatable bonds is 3. The van der Waals surface area contributed by atoms with Crippen molar-refractivity contribution >= 4 is 5.97 Å².